The summed E-state index contributed by atoms with van der Waals surface area (Å²) in [4.78, 5) is 25.3. The van der Waals surface area contributed by atoms with Crippen LogP contribution in [-0.2, 0) is 7.05 Å². The highest BCUT2D eigenvalue weighted by Crippen LogP contribution is 2.25. The van der Waals surface area contributed by atoms with Gasteiger partial charge in [0.15, 0.2) is 16.8 Å². The van der Waals surface area contributed by atoms with Gasteiger partial charge >= 0.3 is 0 Å². The van der Waals surface area contributed by atoms with Gasteiger partial charge < -0.3 is 14.6 Å². The molecule has 0 saturated carbocycles. The first-order chi connectivity index (χ1) is 15.3. The molecule has 1 N–H and O–H groups in total. The molecule has 0 saturated heterocycles. The van der Waals surface area contributed by atoms with Crippen molar-refractivity contribution in [1.29, 1.82) is 0 Å². The number of hydrogen-bond donors (Lipinski definition) is 1. The van der Waals surface area contributed by atoms with Crippen LogP contribution in [0.4, 0.5) is 0 Å². The van der Waals surface area contributed by atoms with Crippen molar-refractivity contribution < 1.29 is 14.3 Å². The molecule has 7 nitrogen and oxygen atoms in total. The minimum atomic E-state index is -0.335. The molecule has 1 atom stereocenters. The van der Waals surface area contributed by atoms with E-state index >= 15 is 0 Å². The third kappa shape index (κ3) is 5.77. The van der Waals surface area contributed by atoms with Crippen LogP contribution in [0, 0.1) is 5.92 Å². The molecule has 0 aliphatic carbocycles. The van der Waals surface area contributed by atoms with Crippen molar-refractivity contribution in [2.45, 2.75) is 25.0 Å². The minimum Gasteiger partial charge on any atom is -0.497 e. The molecule has 168 valence electrons. The fourth-order valence-electron chi connectivity index (χ4n) is 3.07. The van der Waals surface area contributed by atoms with Crippen LogP contribution in [-0.4, -0.2) is 39.3 Å². The van der Waals surface area contributed by atoms with Gasteiger partial charge in [-0.15, -0.1) is 10.2 Å². The summed E-state index contributed by atoms with van der Waals surface area (Å²) in [6, 6.07) is 13.9. The highest BCUT2D eigenvalue weighted by atomic mass is 79.9. The number of nitrogens with zero attached hydrogens (tertiary/aromatic N) is 3. The van der Waals surface area contributed by atoms with E-state index in [-0.39, 0.29) is 29.4 Å². The smallest absolute Gasteiger partial charge is 0.251 e. The summed E-state index contributed by atoms with van der Waals surface area (Å²) in [7, 11) is 3.43. The number of thioether (sulfide) groups is 1. The van der Waals surface area contributed by atoms with Gasteiger partial charge in [-0.1, -0.05) is 53.7 Å². The molecular formula is C23H25BrN4O3S. The van der Waals surface area contributed by atoms with Crippen molar-refractivity contribution in [3.8, 4) is 5.75 Å². The average molecular weight is 517 g/mol. The van der Waals surface area contributed by atoms with Crippen LogP contribution in [0.25, 0.3) is 0 Å². The second-order valence-electron chi connectivity index (χ2n) is 7.54. The van der Waals surface area contributed by atoms with Crippen LogP contribution in [0.1, 0.15) is 46.4 Å². The van der Waals surface area contributed by atoms with Gasteiger partial charge in [-0.05, 0) is 42.3 Å². The quantitative estimate of drug-likeness (QED) is 0.328. The lowest BCUT2D eigenvalue weighted by molar-refractivity contribution is 0.0921. The van der Waals surface area contributed by atoms with Gasteiger partial charge in [-0.3, -0.25) is 9.59 Å². The maximum absolute atomic E-state index is 12.8. The van der Waals surface area contributed by atoms with Crippen LogP contribution in [0.5, 0.6) is 5.75 Å². The Balaban J connectivity index is 1.70. The third-order valence-electron chi connectivity index (χ3n) is 4.95. The molecule has 1 aromatic heterocycles. The van der Waals surface area contributed by atoms with Gasteiger partial charge in [0, 0.05) is 22.6 Å². The van der Waals surface area contributed by atoms with E-state index in [9.17, 15) is 9.59 Å². The summed E-state index contributed by atoms with van der Waals surface area (Å²) in [5, 5.41) is 12.2. The number of carbonyl (C=O) groups is 2. The van der Waals surface area contributed by atoms with Gasteiger partial charge in [0.25, 0.3) is 5.91 Å². The first kappa shape index (κ1) is 24.0. The van der Waals surface area contributed by atoms with Crippen molar-refractivity contribution in [3.05, 3.63) is 70.0 Å². The Morgan fingerprint density at radius 3 is 2.28 bits per heavy atom. The fourth-order valence-corrected chi connectivity index (χ4v) is 4.15. The largest absolute Gasteiger partial charge is 0.497 e. The van der Waals surface area contributed by atoms with Crippen molar-refractivity contribution >= 4 is 39.4 Å². The first-order valence-corrected chi connectivity index (χ1v) is 11.8. The van der Waals surface area contributed by atoms with Crippen molar-refractivity contribution in [1.82, 2.24) is 20.1 Å². The van der Waals surface area contributed by atoms with Crippen molar-refractivity contribution in [2.75, 3.05) is 12.9 Å². The van der Waals surface area contributed by atoms with E-state index in [1.165, 1.54) is 11.8 Å². The number of hydrogen-bond acceptors (Lipinski definition) is 6. The van der Waals surface area contributed by atoms with E-state index in [1.54, 1.807) is 43.5 Å². The SMILES string of the molecule is COc1ccc(C(=O)N[C@@H](c2nnc(SCC(=O)c3ccc(Br)cc3)n2C)C(C)C)cc1. The Kier molecular flexibility index (Phi) is 8.09. The number of benzene rings is 2. The second kappa shape index (κ2) is 10.8. The summed E-state index contributed by atoms with van der Waals surface area (Å²) in [5.41, 5.74) is 1.18. The van der Waals surface area contributed by atoms with E-state index in [4.69, 9.17) is 4.74 Å². The minimum absolute atomic E-state index is 0.0141. The predicted molar refractivity (Wildman–Crippen MR) is 128 cm³/mol. The summed E-state index contributed by atoms with van der Waals surface area (Å²) in [5.74, 6) is 1.48. The Morgan fingerprint density at radius 2 is 1.69 bits per heavy atom. The molecule has 0 fully saturated rings. The second-order valence-corrected chi connectivity index (χ2v) is 9.40. The number of methoxy groups -OCH3 is 1. The maximum Gasteiger partial charge on any atom is 0.251 e. The summed E-state index contributed by atoms with van der Waals surface area (Å²) in [6.07, 6.45) is 0. The number of amides is 1. The molecule has 0 bridgehead atoms. The van der Waals surface area contributed by atoms with Crippen LogP contribution >= 0.6 is 27.7 Å². The molecule has 0 aliphatic rings. The average Bonchev–Trinajstić information content (AvgIpc) is 3.15. The van der Waals surface area contributed by atoms with Gasteiger partial charge in [0.2, 0.25) is 0 Å². The standard InChI is InChI=1S/C23H25BrN4O3S/c1-14(2)20(25-22(30)16-7-11-18(31-4)12-8-16)21-26-27-23(28(21)3)32-13-19(29)15-5-9-17(24)10-6-15/h5-12,14,20H,13H2,1-4H3,(H,25,30)/t20-/m1/s1. The van der Waals surface area contributed by atoms with E-state index in [1.807, 2.05) is 37.6 Å². The molecule has 0 aliphatic heterocycles. The van der Waals surface area contributed by atoms with Crippen molar-refractivity contribution in [2.24, 2.45) is 13.0 Å². The number of Topliss-reactive ketones (excluding diaryl/α,β-unsaturated/α-hetero) is 1. The molecule has 32 heavy (non-hydrogen) atoms. The van der Waals surface area contributed by atoms with E-state index in [0.29, 0.717) is 27.9 Å². The molecule has 0 spiro atoms. The van der Waals surface area contributed by atoms with Crippen LogP contribution in [0.15, 0.2) is 58.2 Å². The highest BCUT2D eigenvalue weighted by Gasteiger charge is 2.25. The number of rotatable bonds is 9. The molecule has 0 radical (unpaired) electrons. The third-order valence-corrected chi connectivity index (χ3v) is 6.50. The number of ketones is 1. The Morgan fingerprint density at radius 1 is 1.06 bits per heavy atom. The zero-order valence-electron chi connectivity index (χ0n) is 18.3. The summed E-state index contributed by atoms with van der Waals surface area (Å²) < 4.78 is 7.91. The monoisotopic (exact) mass is 516 g/mol. The molecule has 9 heteroatoms. The topological polar surface area (TPSA) is 86.1 Å². The van der Waals surface area contributed by atoms with Gasteiger partial charge in [-0.25, -0.2) is 0 Å². The number of carbonyl (C=O) groups excluding carboxylic acids is 2. The fraction of sp³-hybridized carbons (Fsp3) is 0.304. The zero-order chi connectivity index (χ0) is 23.3. The van der Waals surface area contributed by atoms with E-state index in [0.717, 1.165) is 4.47 Å². The van der Waals surface area contributed by atoms with Crippen LogP contribution < -0.4 is 10.1 Å². The molecule has 0 unspecified atom stereocenters. The van der Waals surface area contributed by atoms with E-state index < -0.39 is 0 Å². The number of aromatic nitrogens is 3. The summed E-state index contributed by atoms with van der Waals surface area (Å²) in [6.45, 7) is 4.02. The van der Waals surface area contributed by atoms with Crippen LogP contribution in [0.2, 0.25) is 0 Å². The lowest BCUT2D eigenvalue weighted by atomic mass is 10.0. The number of nitrogens with one attached hydrogen (secondary N) is 1. The maximum atomic E-state index is 12.8. The Hall–Kier alpha value is -2.65. The van der Waals surface area contributed by atoms with Gasteiger partial charge in [0.05, 0.1) is 18.9 Å². The Bertz CT molecular complexity index is 1080. The molecule has 2 aromatic carbocycles. The van der Waals surface area contributed by atoms with Gasteiger partial charge in [0.1, 0.15) is 5.75 Å². The van der Waals surface area contributed by atoms with Crippen molar-refractivity contribution in [3.63, 3.8) is 0 Å². The normalized spacial score (nSPS) is 11.9. The number of ether oxygens (including phenoxy) is 1. The zero-order valence-corrected chi connectivity index (χ0v) is 20.7. The highest BCUT2D eigenvalue weighted by molar-refractivity contribution is 9.10. The molecule has 1 heterocycles. The lowest BCUT2D eigenvalue weighted by Crippen LogP contribution is -2.33. The lowest BCUT2D eigenvalue weighted by Gasteiger charge is -2.21. The Labute approximate surface area is 200 Å². The van der Waals surface area contributed by atoms with Crippen LogP contribution in [0.3, 0.4) is 0 Å². The van der Waals surface area contributed by atoms with Gasteiger partial charge in [-0.2, -0.15) is 0 Å². The molecule has 3 rings (SSSR count). The molecule has 3 aromatic rings. The molecule has 1 amide bonds. The summed E-state index contributed by atoms with van der Waals surface area (Å²) >= 11 is 4.70. The van der Waals surface area contributed by atoms with E-state index in [2.05, 4.69) is 31.4 Å². The molecular weight excluding hydrogens is 492 g/mol. The number of halogens is 1. The predicted octanol–water partition coefficient (Wildman–Crippen LogP) is 4.69. The first-order valence-electron chi connectivity index (χ1n) is 10.1.